The Morgan fingerprint density at radius 1 is 1.60 bits per heavy atom. The molecule has 1 fully saturated rings. The van der Waals surface area contributed by atoms with Crippen molar-refractivity contribution in [2.24, 2.45) is 0 Å². The highest BCUT2D eigenvalue weighted by molar-refractivity contribution is 7.98. The number of ether oxygens (including phenoxy) is 1. The summed E-state index contributed by atoms with van der Waals surface area (Å²) in [5, 5.41) is 9.82. The number of morpholine rings is 1. The van der Waals surface area contributed by atoms with Gasteiger partial charge in [-0.25, -0.2) is 0 Å². The van der Waals surface area contributed by atoms with Crippen molar-refractivity contribution in [1.29, 1.82) is 0 Å². The molecule has 1 N–H and O–H groups in total. The van der Waals surface area contributed by atoms with E-state index in [2.05, 4.69) is 25.7 Å². The first kappa shape index (κ1) is 13.3. The summed E-state index contributed by atoms with van der Waals surface area (Å²) in [5.74, 6) is 0.807. The Hall–Kier alpha value is 0.230. The van der Waals surface area contributed by atoms with Crippen LogP contribution in [0.4, 0.5) is 0 Å². The minimum absolute atomic E-state index is 0.0475. The van der Waals surface area contributed by atoms with Crippen LogP contribution in [-0.4, -0.2) is 59.5 Å². The Balaban J connectivity index is 2.49. The zero-order valence-corrected chi connectivity index (χ0v) is 11.0. The highest BCUT2D eigenvalue weighted by Gasteiger charge is 2.34. The fourth-order valence-electron chi connectivity index (χ4n) is 1.87. The van der Waals surface area contributed by atoms with Gasteiger partial charge in [-0.2, -0.15) is 11.8 Å². The molecule has 1 rings (SSSR count). The molecule has 15 heavy (non-hydrogen) atoms. The molecule has 0 aliphatic carbocycles. The number of hydrogen-bond donors (Lipinski definition) is 1. The van der Waals surface area contributed by atoms with Crippen molar-refractivity contribution >= 4 is 11.8 Å². The lowest BCUT2D eigenvalue weighted by Gasteiger charge is -2.45. The van der Waals surface area contributed by atoms with Crippen molar-refractivity contribution in [1.82, 2.24) is 4.90 Å². The molecule has 1 saturated heterocycles. The van der Waals surface area contributed by atoms with Crippen LogP contribution < -0.4 is 0 Å². The normalized spacial score (nSPS) is 29.0. The first-order chi connectivity index (χ1) is 6.95. The van der Waals surface area contributed by atoms with Gasteiger partial charge in [0.05, 0.1) is 18.8 Å². The van der Waals surface area contributed by atoms with Crippen LogP contribution in [0, 0.1) is 0 Å². The molecule has 4 heteroatoms. The second kappa shape index (κ2) is 5.53. The van der Waals surface area contributed by atoms with Crippen LogP contribution >= 0.6 is 11.8 Å². The van der Waals surface area contributed by atoms with Crippen molar-refractivity contribution in [3.8, 4) is 0 Å². The monoisotopic (exact) mass is 233 g/mol. The van der Waals surface area contributed by atoms with E-state index < -0.39 is 0 Å². The standard InChI is InChI=1S/C11H23NO2S/c1-9-5-12(6-10(13)7-15-4)11(2,3)8-14-9/h9-10,13H,5-8H2,1-4H3/t9-,10+/m0/s1. The van der Waals surface area contributed by atoms with Gasteiger partial charge in [-0.3, -0.25) is 4.90 Å². The third kappa shape index (κ3) is 3.94. The molecule has 90 valence electrons. The summed E-state index contributed by atoms with van der Waals surface area (Å²) in [6.45, 7) is 8.85. The van der Waals surface area contributed by atoms with Crippen molar-refractivity contribution in [2.75, 3.05) is 31.7 Å². The second-order valence-electron chi connectivity index (χ2n) is 4.95. The Kier molecular flexibility index (Phi) is 4.90. The summed E-state index contributed by atoms with van der Waals surface area (Å²) in [7, 11) is 0. The van der Waals surface area contributed by atoms with Crippen LogP contribution in [0.3, 0.4) is 0 Å². The maximum Gasteiger partial charge on any atom is 0.0757 e. The van der Waals surface area contributed by atoms with E-state index in [9.17, 15) is 5.11 Å². The molecule has 2 atom stereocenters. The Bertz CT molecular complexity index is 199. The van der Waals surface area contributed by atoms with E-state index in [4.69, 9.17) is 4.74 Å². The van der Waals surface area contributed by atoms with Crippen LogP contribution in [0.15, 0.2) is 0 Å². The van der Waals surface area contributed by atoms with Crippen LogP contribution in [0.5, 0.6) is 0 Å². The molecule has 1 aliphatic rings. The summed E-state index contributed by atoms with van der Waals surface area (Å²) in [6.07, 6.45) is 2.07. The van der Waals surface area contributed by atoms with E-state index in [1.54, 1.807) is 11.8 Å². The second-order valence-corrected chi connectivity index (χ2v) is 5.86. The maximum atomic E-state index is 9.82. The van der Waals surface area contributed by atoms with Gasteiger partial charge in [-0.1, -0.05) is 0 Å². The van der Waals surface area contributed by atoms with Gasteiger partial charge in [0.1, 0.15) is 0 Å². The maximum absolute atomic E-state index is 9.82. The van der Waals surface area contributed by atoms with E-state index in [-0.39, 0.29) is 17.7 Å². The Labute approximate surface area is 97.2 Å². The highest BCUT2D eigenvalue weighted by atomic mass is 32.2. The molecule has 0 amide bonds. The van der Waals surface area contributed by atoms with Gasteiger partial charge in [0, 0.05) is 24.4 Å². The number of aliphatic hydroxyl groups is 1. The summed E-state index contributed by atoms with van der Waals surface area (Å²) < 4.78 is 5.64. The lowest BCUT2D eigenvalue weighted by Crippen LogP contribution is -2.57. The molecule has 3 nitrogen and oxygen atoms in total. The van der Waals surface area contributed by atoms with Crippen molar-refractivity contribution in [3.05, 3.63) is 0 Å². The largest absolute Gasteiger partial charge is 0.391 e. The molecular formula is C11H23NO2S. The minimum atomic E-state index is -0.232. The summed E-state index contributed by atoms with van der Waals surface area (Å²) in [5.41, 5.74) is 0.0475. The number of nitrogens with zero attached hydrogens (tertiary/aromatic N) is 1. The summed E-state index contributed by atoms with van der Waals surface area (Å²) in [6, 6.07) is 0. The van der Waals surface area contributed by atoms with Crippen molar-refractivity contribution < 1.29 is 9.84 Å². The van der Waals surface area contributed by atoms with E-state index in [0.717, 1.165) is 25.4 Å². The van der Waals surface area contributed by atoms with Crippen LogP contribution in [0.25, 0.3) is 0 Å². The minimum Gasteiger partial charge on any atom is -0.391 e. The number of β-amino-alcohol motifs (C(OH)–C–C–N with tert-alkyl or cyclic N) is 1. The zero-order valence-electron chi connectivity index (χ0n) is 10.2. The molecule has 0 aromatic heterocycles. The van der Waals surface area contributed by atoms with E-state index in [0.29, 0.717) is 0 Å². The van der Waals surface area contributed by atoms with Crippen molar-refractivity contribution in [3.63, 3.8) is 0 Å². The molecule has 0 bridgehead atoms. The summed E-state index contributed by atoms with van der Waals surface area (Å²) >= 11 is 1.69. The fraction of sp³-hybridized carbons (Fsp3) is 1.00. The summed E-state index contributed by atoms with van der Waals surface area (Å²) in [4.78, 5) is 2.34. The fourth-order valence-corrected chi connectivity index (χ4v) is 2.36. The number of rotatable bonds is 4. The molecule has 1 aliphatic heterocycles. The van der Waals surface area contributed by atoms with E-state index in [1.165, 1.54) is 0 Å². The highest BCUT2D eigenvalue weighted by Crippen LogP contribution is 2.22. The van der Waals surface area contributed by atoms with Gasteiger partial charge < -0.3 is 9.84 Å². The SMILES string of the molecule is CSC[C@H](O)CN1C[C@H](C)OCC1(C)C. The zero-order chi connectivity index (χ0) is 11.5. The average molecular weight is 233 g/mol. The number of hydrogen-bond acceptors (Lipinski definition) is 4. The molecule has 0 aromatic carbocycles. The molecule has 0 radical (unpaired) electrons. The Morgan fingerprint density at radius 3 is 2.87 bits per heavy atom. The van der Waals surface area contributed by atoms with Gasteiger partial charge in [0.2, 0.25) is 0 Å². The third-order valence-electron chi connectivity index (χ3n) is 2.84. The van der Waals surface area contributed by atoms with Gasteiger partial charge in [-0.15, -0.1) is 0 Å². The smallest absolute Gasteiger partial charge is 0.0757 e. The topological polar surface area (TPSA) is 32.7 Å². The van der Waals surface area contributed by atoms with Gasteiger partial charge in [-0.05, 0) is 27.0 Å². The van der Waals surface area contributed by atoms with Crippen LogP contribution in [-0.2, 0) is 4.74 Å². The molecule has 0 unspecified atom stereocenters. The number of thioether (sulfide) groups is 1. The van der Waals surface area contributed by atoms with Gasteiger partial charge in [0.15, 0.2) is 0 Å². The molecule has 0 spiro atoms. The first-order valence-corrected chi connectivity index (χ1v) is 6.89. The lowest BCUT2D eigenvalue weighted by molar-refractivity contribution is -0.100. The average Bonchev–Trinajstić information content (AvgIpc) is 2.12. The lowest BCUT2D eigenvalue weighted by atomic mass is 10.0. The molecular weight excluding hydrogens is 210 g/mol. The molecule has 0 saturated carbocycles. The van der Waals surface area contributed by atoms with Crippen LogP contribution in [0.1, 0.15) is 20.8 Å². The number of aliphatic hydroxyl groups excluding tert-OH is 1. The van der Waals surface area contributed by atoms with Crippen LogP contribution in [0.2, 0.25) is 0 Å². The van der Waals surface area contributed by atoms with Gasteiger partial charge >= 0.3 is 0 Å². The van der Waals surface area contributed by atoms with E-state index >= 15 is 0 Å². The predicted molar refractivity (Wildman–Crippen MR) is 65.5 cm³/mol. The molecule has 1 heterocycles. The first-order valence-electron chi connectivity index (χ1n) is 5.49. The Morgan fingerprint density at radius 2 is 2.27 bits per heavy atom. The van der Waals surface area contributed by atoms with Gasteiger partial charge in [0.25, 0.3) is 0 Å². The third-order valence-corrected chi connectivity index (χ3v) is 3.56. The van der Waals surface area contributed by atoms with Crippen molar-refractivity contribution in [2.45, 2.75) is 38.5 Å². The molecule has 0 aromatic rings. The van der Waals surface area contributed by atoms with E-state index in [1.807, 2.05) is 6.26 Å². The quantitative estimate of drug-likeness (QED) is 0.791. The predicted octanol–water partition coefficient (Wildman–Crippen LogP) is 1.21.